The van der Waals surface area contributed by atoms with Crippen molar-refractivity contribution in [1.82, 2.24) is 0 Å². The van der Waals surface area contributed by atoms with E-state index in [1.54, 1.807) is 0 Å². The Bertz CT molecular complexity index is 2870. The van der Waals surface area contributed by atoms with Crippen LogP contribution < -0.4 is 10.4 Å². The molecule has 66 heavy (non-hydrogen) atoms. The van der Waals surface area contributed by atoms with E-state index < -0.39 is 14.8 Å². The molecule has 2 aliphatic heterocycles. The summed E-state index contributed by atoms with van der Waals surface area (Å²) < 4.78 is 0. The zero-order chi connectivity index (χ0) is 44.5. The number of hydrogen-bond acceptors (Lipinski definition) is 0. The molecule has 0 atom stereocenters. The fourth-order valence-corrected chi connectivity index (χ4v) is 21.1. The van der Waals surface area contributed by atoms with Gasteiger partial charge < -0.3 is 0 Å². The van der Waals surface area contributed by atoms with Gasteiger partial charge >= 0.3 is 0 Å². The van der Waals surface area contributed by atoms with Gasteiger partial charge in [-0.15, -0.1) is 22.2 Å². The molecule has 314 valence electrons. The molecule has 0 spiro atoms. The molecule has 0 aromatic heterocycles. The van der Waals surface area contributed by atoms with Gasteiger partial charge in [0, 0.05) is 0 Å². The fraction of sp³-hybridized carbons (Fsp3) is 0. The average molecular weight is 916 g/mol. The van der Waals surface area contributed by atoms with Crippen LogP contribution in [0.25, 0.3) is 43.1 Å². The molecule has 0 aliphatic carbocycles. The van der Waals surface area contributed by atoms with Gasteiger partial charge in [0.05, 0.1) is 0 Å². The molecule has 2 heterocycles. The van der Waals surface area contributed by atoms with Crippen molar-refractivity contribution in [3.05, 3.63) is 311 Å². The molecule has 0 fully saturated rings. The van der Waals surface area contributed by atoms with E-state index in [2.05, 4.69) is 267 Å². The molecular formula is C62H44Cl2Si2. The predicted molar refractivity (Wildman–Crippen MR) is 288 cm³/mol. The zero-order valence-corrected chi connectivity index (χ0v) is 39.7. The summed E-state index contributed by atoms with van der Waals surface area (Å²) in [4.78, 5) is 0. The van der Waals surface area contributed by atoms with E-state index in [-0.39, 0.29) is 0 Å². The van der Waals surface area contributed by atoms with Crippen molar-refractivity contribution < 1.29 is 0 Å². The molecule has 0 N–H and O–H groups in total. The normalized spacial score (nSPS) is 15.4. The van der Waals surface area contributed by atoms with E-state index in [4.69, 9.17) is 22.2 Å². The van der Waals surface area contributed by atoms with Crippen LogP contribution in [0.15, 0.2) is 267 Å². The van der Waals surface area contributed by atoms with Crippen molar-refractivity contribution in [2.75, 3.05) is 0 Å². The van der Waals surface area contributed by atoms with Crippen LogP contribution in [0.1, 0.15) is 44.5 Å². The molecule has 0 amide bonds. The Morgan fingerprint density at radius 1 is 0.182 bits per heavy atom. The molecule has 0 radical (unpaired) electrons. The molecule has 9 aromatic carbocycles. The fourth-order valence-electron chi connectivity index (χ4n) is 10.3. The summed E-state index contributed by atoms with van der Waals surface area (Å²) in [6, 6.07) is 95.9. The first-order valence-corrected chi connectivity index (χ1v) is 28.5. The lowest BCUT2D eigenvalue weighted by Crippen LogP contribution is -2.48. The Morgan fingerprint density at radius 2 is 0.333 bits per heavy atom. The van der Waals surface area contributed by atoms with E-state index in [0.29, 0.717) is 0 Å². The van der Waals surface area contributed by atoms with Crippen molar-refractivity contribution in [1.29, 1.82) is 0 Å². The van der Waals surface area contributed by atoms with Crippen LogP contribution in [0, 0.1) is 0 Å². The third-order valence-corrected chi connectivity index (χ3v) is 23.8. The van der Waals surface area contributed by atoms with Crippen molar-refractivity contribution in [3.8, 4) is 0 Å². The van der Waals surface area contributed by atoms with Crippen LogP contribution in [-0.2, 0) is 0 Å². The molecular weight excluding hydrogens is 872 g/mol. The summed E-state index contributed by atoms with van der Waals surface area (Å²) in [6.45, 7) is 0. The van der Waals surface area contributed by atoms with Gasteiger partial charge in [0.2, 0.25) is 14.8 Å². The summed E-state index contributed by atoms with van der Waals surface area (Å²) in [5.74, 6) is 0. The Balaban J connectivity index is 1.22. The first-order valence-electron chi connectivity index (χ1n) is 22.5. The van der Waals surface area contributed by atoms with Crippen LogP contribution in [-0.4, -0.2) is 14.8 Å². The van der Waals surface area contributed by atoms with Crippen molar-refractivity contribution >= 4 is 90.4 Å². The van der Waals surface area contributed by atoms with Crippen molar-refractivity contribution in [3.63, 3.8) is 0 Å². The highest BCUT2D eigenvalue weighted by molar-refractivity contribution is 7.48. The quantitative estimate of drug-likeness (QED) is 0.0947. The minimum Gasteiger partial charge on any atom is -0.149 e. The van der Waals surface area contributed by atoms with Crippen molar-refractivity contribution in [2.24, 2.45) is 0 Å². The summed E-state index contributed by atoms with van der Waals surface area (Å²) in [6.07, 6.45) is 0. The molecule has 4 heteroatoms. The average Bonchev–Trinajstić information content (AvgIpc) is 3.85. The summed E-state index contributed by atoms with van der Waals surface area (Å²) >= 11 is 17.7. The molecule has 0 bridgehead atoms. The number of rotatable bonds is 10. The number of allylic oxidation sites excluding steroid dienone is 4. The minimum absolute atomic E-state index is 1.11. The standard InChI is InChI=1S/C62H44Cl2Si2/c63-65(59(49-33-17-5-18-34-49)55(45-25-9-1-10-26-45)56(46-27-11-2-12-28-46)60(65)50-35-19-6-20-36-50)53-41-43-54(44-42-53)66(64)61(51-37-21-7-22-38-51)57(47-29-13-3-14-30-47)58(48-31-15-4-16-32-48)62(66)52-39-23-8-24-40-52/h1-44H. The molecule has 9 aromatic rings. The maximum atomic E-state index is 8.87. The van der Waals surface area contributed by atoms with Gasteiger partial charge in [-0.2, -0.15) is 0 Å². The van der Waals surface area contributed by atoms with Gasteiger partial charge in [-0.1, -0.05) is 267 Å². The van der Waals surface area contributed by atoms with Gasteiger partial charge in [-0.05, 0) is 98.0 Å². The largest absolute Gasteiger partial charge is 0.250 e. The third kappa shape index (κ3) is 7.06. The topological polar surface area (TPSA) is 0 Å². The van der Waals surface area contributed by atoms with E-state index >= 15 is 0 Å². The molecule has 0 saturated heterocycles. The van der Waals surface area contributed by atoms with E-state index in [1.165, 1.54) is 43.1 Å². The number of hydrogen-bond donors (Lipinski definition) is 0. The van der Waals surface area contributed by atoms with Gasteiger partial charge in [0.15, 0.2) is 0 Å². The third-order valence-electron chi connectivity index (χ3n) is 13.1. The van der Waals surface area contributed by atoms with Gasteiger partial charge in [0.25, 0.3) is 0 Å². The van der Waals surface area contributed by atoms with Crippen LogP contribution in [0.4, 0.5) is 0 Å². The smallest absolute Gasteiger partial charge is 0.149 e. The highest BCUT2D eigenvalue weighted by Gasteiger charge is 2.54. The van der Waals surface area contributed by atoms with Crippen LogP contribution in [0.3, 0.4) is 0 Å². The lowest BCUT2D eigenvalue weighted by Gasteiger charge is -2.31. The van der Waals surface area contributed by atoms with Gasteiger partial charge in [0.1, 0.15) is 0 Å². The highest BCUT2D eigenvalue weighted by atomic mass is 35.6. The molecule has 2 aliphatic rings. The molecule has 11 rings (SSSR count). The SMILES string of the molecule is Cl[Si]1(c2ccc([Si]3(Cl)C(c4ccccc4)=C(c4ccccc4)C(c4ccccc4)=C3c3ccccc3)cc2)C(c2ccccc2)=C(c2ccccc2)C(c2ccccc2)=C1c1ccccc1. The first kappa shape index (κ1) is 41.6. The minimum atomic E-state index is -3.40. The Hall–Kier alpha value is -7.05. The monoisotopic (exact) mass is 914 g/mol. The summed E-state index contributed by atoms with van der Waals surface area (Å²) in [5, 5.41) is 6.97. The lowest BCUT2D eigenvalue weighted by atomic mass is 9.89. The Labute approximate surface area is 399 Å². The lowest BCUT2D eigenvalue weighted by molar-refractivity contribution is 1.58. The van der Waals surface area contributed by atoms with Gasteiger partial charge in [-0.25, -0.2) is 0 Å². The van der Waals surface area contributed by atoms with Gasteiger partial charge in [-0.3, -0.25) is 0 Å². The van der Waals surface area contributed by atoms with Crippen LogP contribution in [0.2, 0.25) is 0 Å². The number of halogens is 2. The zero-order valence-electron chi connectivity index (χ0n) is 36.2. The Kier molecular flexibility index (Phi) is 11.2. The first-order chi connectivity index (χ1) is 32.6. The van der Waals surface area contributed by atoms with Crippen molar-refractivity contribution in [2.45, 2.75) is 0 Å². The van der Waals surface area contributed by atoms with Crippen LogP contribution >= 0.6 is 22.2 Å². The highest BCUT2D eigenvalue weighted by Crippen LogP contribution is 2.59. The number of benzene rings is 9. The Morgan fingerprint density at radius 3 is 0.500 bits per heavy atom. The van der Waals surface area contributed by atoms with Crippen LogP contribution in [0.5, 0.6) is 0 Å². The maximum absolute atomic E-state index is 8.87. The van der Waals surface area contributed by atoms with E-state index in [9.17, 15) is 0 Å². The molecule has 0 unspecified atom stereocenters. The molecule has 0 saturated carbocycles. The maximum Gasteiger partial charge on any atom is 0.250 e. The predicted octanol–water partition coefficient (Wildman–Crippen LogP) is 15.1. The second-order valence-electron chi connectivity index (χ2n) is 16.8. The molecule has 0 nitrogen and oxygen atoms in total. The van der Waals surface area contributed by atoms with E-state index in [1.807, 2.05) is 0 Å². The second-order valence-corrected chi connectivity index (χ2v) is 26.0. The second kappa shape index (κ2) is 17.7. The summed E-state index contributed by atoms with van der Waals surface area (Å²) in [7, 11) is -6.79. The van der Waals surface area contributed by atoms with E-state index in [0.717, 1.165) is 54.9 Å². The summed E-state index contributed by atoms with van der Waals surface area (Å²) in [5.41, 5.74) is 13.8.